The summed E-state index contributed by atoms with van der Waals surface area (Å²) in [5.41, 5.74) is 0. The molecule has 1 heterocycles. The van der Waals surface area contributed by atoms with E-state index in [0.29, 0.717) is 6.04 Å². The third kappa shape index (κ3) is 4.10. The van der Waals surface area contributed by atoms with Gasteiger partial charge in [-0.1, -0.05) is 45.1 Å². The first-order valence-corrected chi connectivity index (χ1v) is 10.0. The zero-order chi connectivity index (χ0) is 14.5. The van der Waals surface area contributed by atoms with Crippen molar-refractivity contribution < 1.29 is 0 Å². The van der Waals surface area contributed by atoms with Gasteiger partial charge in [0.15, 0.2) is 0 Å². The second kappa shape index (κ2) is 7.78. The lowest BCUT2D eigenvalue weighted by Gasteiger charge is -2.31. The van der Waals surface area contributed by atoms with E-state index in [4.69, 9.17) is 0 Å². The summed E-state index contributed by atoms with van der Waals surface area (Å²) in [7, 11) is 0. The molecule has 0 aromatic carbocycles. The van der Waals surface area contributed by atoms with Crippen LogP contribution in [0.1, 0.15) is 75.6 Å². The topological polar surface area (TPSA) is 12.0 Å². The lowest BCUT2D eigenvalue weighted by molar-refractivity contribution is 0.246. The van der Waals surface area contributed by atoms with E-state index < -0.39 is 0 Å². The van der Waals surface area contributed by atoms with Crippen LogP contribution in [0.25, 0.3) is 0 Å². The van der Waals surface area contributed by atoms with Crippen LogP contribution in [-0.2, 0) is 0 Å². The molecule has 2 aliphatic rings. The largest absolute Gasteiger partial charge is 0.309 e. The number of hydrogen-bond donors (Lipinski definition) is 1. The minimum Gasteiger partial charge on any atom is -0.309 e. The molecule has 118 valence electrons. The molecule has 1 unspecified atom stereocenters. The number of hydrogen-bond acceptors (Lipinski definition) is 2. The van der Waals surface area contributed by atoms with E-state index in [-0.39, 0.29) is 0 Å². The third-order valence-corrected chi connectivity index (χ3v) is 6.85. The van der Waals surface area contributed by atoms with E-state index in [1.165, 1.54) is 64.3 Å². The van der Waals surface area contributed by atoms with Gasteiger partial charge in [0.25, 0.3) is 0 Å². The molecule has 2 heteroatoms. The Morgan fingerprint density at radius 2 is 1.81 bits per heavy atom. The van der Waals surface area contributed by atoms with Gasteiger partial charge in [-0.2, -0.15) is 0 Å². The Kier molecular flexibility index (Phi) is 5.76. The molecule has 1 N–H and O–H groups in total. The Morgan fingerprint density at radius 1 is 1.10 bits per heavy atom. The van der Waals surface area contributed by atoms with Crippen LogP contribution in [0.5, 0.6) is 0 Å². The van der Waals surface area contributed by atoms with Crippen LogP contribution in [-0.4, -0.2) is 6.54 Å². The highest BCUT2D eigenvalue weighted by Gasteiger charge is 2.28. The fraction of sp³-hybridized carbons (Fsp3) is 0.789. The zero-order valence-corrected chi connectivity index (χ0v) is 14.3. The van der Waals surface area contributed by atoms with Gasteiger partial charge in [0.05, 0.1) is 0 Å². The standard InChI is InChI=1S/C19H31NS/c1-2-15-9-11-16(12-10-15)14-20-19(17-6-3-4-7-17)18-8-5-13-21-18/h5,8,13,15-17,19-20H,2-4,6-7,9-12,14H2,1H3. The van der Waals surface area contributed by atoms with Crippen molar-refractivity contribution in [1.82, 2.24) is 5.32 Å². The van der Waals surface area contributed by atoms with E-state index in [0.717, 1.165) is 17.8 Å². The normalized spacial score (nSPS) is 28.8. The molecule has 2 aliphatic carbocycles. The van der Waals surface area contributed by atoms with Crippen LogP contribution in [0.2, 0.25) is 0 Å². The van der Waals surface area contributed by atoms with Gasteiger partial charge in [0.1, 0.15) is 0 Å². The average Bonchev–Trinajstić information content (AvgIpc) is 3.22. The fourth-order valence-electron chi connectivity index (χ4n) is 4.40. The van der Waals surface area contributed by atoms with Crippen LogP contribution >= 0.6 is 11.3 Å². The summed E-state index contributed by atoms with van der Waals surface area (Å²) in [5.74, 6) is 2.83. The summed E-state index contributed by atoms with van der Waals surface area (Å²) in [4.78, 5) is 1.57. The molecule has 3 rings (SSSR count). The van der Waals surface area contributed by atoms with Crippen molar-refractivity contribution in [3.63, 3.8) is 0 Å². The highest BCUT2D eigenvalue weighted by Crippen LogP contribution is 2.38. The van der Waals surface area contributed by atoms with Crippen LogP contribution in [0, 0.1) is 17.8 Å². The first-order valence-electron chi connectivity index (χ1n) is 9.13. The molecule has 0 radical (unpaired) electrons. The maximum absolute atomic E-state index is 3.98. The Hall–Kier alpha value is -0.340. The molecule has 2 saturated carbocycles. The molecular formula is C19H31NS. The predicted octanol–water partition coefficient (Wildman–Crippen LogP) is 5.79. The van der Waals surface area contributed by atoms with Crippen molar-refractivity contribution >= 4 is 11.3 Å². The lowest BCUT2D eigenvalue weighted by Crippen LogP contribution is -2.32. The zero-order valence-electron chi connectivity index (χ0n) is 13.5. The molecule has 0 spiro atoms. The van der Waals surface area contributed by atoms with Crippen molar-refractivity contribution in [2.24, 2.45) is 17.8 Å². The Bertz CT molecular complexity index is 386. The second-order valence-electron chi connectivity index (χ2n) is 7.24. The molecule has 1 aromatic rings. The third-order valence-electron chi connectivity index (χ3n) is 5.89. The molecule has 0 saturated heterocycles. The SMILES string of the molecule is CCC1CCC(CNC(c2cccs2)C2CCCC2)CC1. The summed E-state index contributed by atoms with van der Waals surface area (Å²) in [6.45, 7) is 3.60. The van der Waals surface area contributed by atoms with E-state index in [1.54, 1.807) is 4.88 Å². The monoisotopic (exact) mass is 305 g/mol. The van der Waals surface area contributed by atoms with Crippen LogP contribution in [0.3, 0.4) is 0 Å². The maximum Gasteiger partial charge on any atom is 0.0443 e. The molecule has 0 bridgehead atoms. The lowest BCUT2D eigenvalue weighted by atomic mass is 9.80. The summed E-state index contributed by atoms with van der Waals surface area (Å²) in [5, 5.41) is 6.22. The summed E-state index contributed by atoms with van der Waals surface area (Å²) in [6.07, 6.45) is 13.0. The summed E-state index contributed by atoms with van der Waals surface area (Å²) in [6, 6.07) is 5.20. The highest BCUT2D eigenvalue weighted by molar-refractivity contribution is 7.10. The number of nitrogens with one attached hydrogen (secondary N) is 1. The molecule has 0 aliphatic heterocycles. The summed E-state index contributed by atoms with van der Waals surface area (Å²) >= 11 is 1.95. The van der Waals surface area contributed by atoms with Gasteiger partial charge >= 0.3 is 0 Å². The van der Waals surface area contributed by atoms with E-state index in [1.807, 2.05) is 11.3 Å². The van der Waals surface area contributed by atoms with Gasteiger partial charge in [0.2, 0.25) is 0 Å². The smallest absolute Gasteiger partial charge is 0.0443 e. The van der Waals surface area contributed by atoms with Crippen molar-refractivity contribution in [3.8, 4) is 0 Å². The minimum atomic E-state index is 0.636. The van der Waals surface area contributed by atoms with Gasteiger partial charge in [-0.25, -0.2) is 0 Å². The highest BCUT2D eigenvalue weighted by atomic mass is 32.1. The van der Waals surface area contributed by atoms with Gasteiger partial charge in [-0.3, -0.25) is 0 Å². The first-order chi connectivity index (χ1) is 10.4. The second-order valence-corrected chi connectivity index (χ2v) is 8.22. The van der Waals surface area contributed by atoms with Crippen LogP contribution in [0.15, 0.2) is 17.5 Å². The predicted molar refractivity (Wildman–Crippen MR) is 92.8 cm³/mol. The molecule has 1 atom stereocenters. The van der Waals surface area contributed by atoms with E-state index in [9.17, 15) is 0 Å². The quantitative estimate of drug-likeness (QED) is 0.702. The van der Waals surface area contributed by atoms with Crippen LogP contribution in [0.4, 0.5) is 0 Å². The van der Waals surface area contributed by atoms with Crippen molar-refractivity contribution in [2.45, 2.75) is 70.8 Å². The van der Waals surface area contributed by atoms with Gasteiger partial charge in [-0.05, 0) is 61.4 Å². The van der Waals surface area contributed by atoms with Crippen molar-refractivity contribution in [2.75, 3.05) is 6.54 Å². The van der Waals surface area contributed by atoms with Gasteiger partial charge in [-0.15, -0.1) is 11.3 Å². The summed E-state index contributed by atoms with van der Waals surface area (Å²) < 4.78 is 0. The minimum absolute atomic E-state index is 0.636. The maximum atomic E-state index is 3.98. The van der Waals surface area contributed by atoms with Gasteiger partial charge in [0, 0.05) is 10.9 Å². The number of thiophene rings is 1. The molecule has 1 nitrogen and oxygen atoms in total. The van der Waals surface area contributed by atoms with Gasteiger partial charge < -0.3 is 5.32 Å². The number of rotatable bonds is 6. The fourth-order valence-corrected chi connectivity index (χ4v) is 5.29. The molecule has 21 heavy (non-hydrogen) atoms. The molecule has 0 amide bonds. The molecular weight excluding hydrogens is 274 g/mol. The molecule has 1 aromatic heterocycles. The Labute approximate surface area is 134 Å². The Morgan fingerprint density at radius 3 is 2.43 bits per heavy atom. The Balaban J connectivity index is 1.53. The van der Waals surface area contributed by atoms with E-state index >= 15 is 0 Å². The van der Waals surface area contributed by atoms with Crippen LogP contribution < -0.4 is 5.32 Å². The van der Waals surface area contributed by atoms with Crippen molar-refractivity contribution in [3.05, 3.63) is 22.4 Å². The first kappa shape index (κ1) is 15.6. The molecule has 2 fully saturated rings. The average molecular weight is 306 g/mol. The van der Waals surface area contributed by atoms with E-state index in [2.05, 4.69) is 29.8 Å². The van der Waals surface area contributed by atoms with Crippen molar-refractivity contribution in [1.29, 1.82) is 0 Å².